The summed E-state index contributed by atoms with van der Waals surface area (Å²) in [5.41, 5.74) is 3.52. The summed E-state index contributed by atoms with van der Waals surface area (Å²) in [6.07, 6.45) is 0. The number of hydrogen-bond donors (Lipinski definition) is 0. The van der Waals surface area contributed by atoms with Crippen LogP contribution in [-0.2, 0) is 11.8 Å². The van der Waals surface area contributed by atoms with E-state index in [2.05, 4.69) is 37.3 Å². The summed E-state index contributed by atoms with van der Waals surface area (Å²) < 4.78 is 0. The smallest absolute Gasteiger partial charge is 0.0477 e. The second kappa shape index (κ2) is 4.42. The van der Waals surface area contributed by atoms with Gasteiger partial charge in [0.2, 0.25) is 0 Å². The molecule has 0 aromatic heterocycles. The number of alkyl halides is 2. The Bertz CT molecular complexity index is 489. The van der Waals surface area contributed by atoms with E-state index in [0.717, 1.165) is 11.1 Å². The number of hydrogen-bond acceptors (Lipinski definition) is 0. The van der Waals surface area contributed by atoms with Crippen molar-refractivity contribution in [3.63, 3.8) is 0 Å². The van der Waals surface area contributed by atoms with E-state index in [1.165, 1.54) is 16.3 Å². The Morgan fingerprint density at radius 3 is 2.07 bits per heavy atom. The highest BCUT2D eigenvalue weighted by molar-refractivity contribution is 6.19. The molecule has 0 saturated heterocycles. The van der Waals surface area contributed by atoms with Crippen LogP contribution < -0.4 is 0 Å². The Morgan fingerprint density at radius 1 is 0.867 bits per heavy atom. The van der Waals surface area contributed by atoms with E-state index in [-0.39, 0.29) is 0 Å². The summed E-state index contributed by atoms with van der Waals surface area (Å²) in [6, 6.07) is 10.7. The molecule has 2 rings (SSSR count). The van der Waals surface area contributed by atoms with Crippen LogP contribution in [0.1, 0.15) is 16.7 Å². The van der Waals surface area contributed by atoms with Gasteiger partial charge in [-0.2, -0.15) is 0 Å². The topological polar surface area (TPSA) is 0 Å². The van der Waals surface area contributed by atoms with Gasteiger partial charge in [0, 0.05) is 11.8 Å². The number of halogens is 2. The predicted octanol–water partition coefficient (Wildman–Crippen LogP) is 4.63. The van der Waals surface area contributed by atoms with Gasteiger partial charge in [-0.05, 0) is 41.0 Å². The van der Waals surface area contributed by atoms with E-state index in [0.29, 0.717) is 11.8 Å². The third-order valence-corrected chi connectivity index (χ3v) is 3.18. The molecule has 0 N–H and O–H groups in total. The summed E-state index contributed by atoms with van der Waals surface area (Å²) in [6.45, 7) is 2.09. The van der Waals surface area contributed by atoms with Crippen molar-refractivity contribution >= 4 is 34.0 Å². The molecule has 0 aliphatic heterocycles. The quantitative estimate of drug-likeness (QED) is 0.670. The predicted molar refractivity (Wildman–Crippen MR) is 67.8 cm³/mol. The van der Waals surface area contributed by atoms with Gasteiger partial charge in [-0.25, -0.2) is 0 Å². The summed E-state index contributed by atoms with van der Waals surface area (Å²) in [5, 5.41) is 2.46. The maximum Gasteiger partial charge on any atom is 0.0477 e. The summed E-state index contributed by atoms with van der Waals surface area (Å²) in [4.78, 5) is 0. The molecule has 2 aromatic carbocycles. The Morgan fingerprint density at radius 2 is 1.47 bits per heavy atom. The lowest BCUT2D eigenvalue weighted by Crippen LogP contribution is -1.89. The van der Waals surface area contributed by atoms with Gasteiger partial charge in [0.15, 0.2) is 0 Å². The van der Waals surface area contributed by atoms with Crippen molar-refractivity contribution in [2.75, 3.05) is 0 Å². The normalized spacial score (nSPS) is 10.9. The molecule has 78 valence electrons. The average molecular weight is 239 g/mol. The molecule has 0 nitrogen and oxygen atoms in total. The molecule has 2 heteroatoms. The lowest BCUT2D eigenvalue weighted by molar-refractivity contribution is 1.28. The Labute approximate surface area is 99.8 Å². The molecule has 0 saturated carbocycles. The Kier molecular flexibility index (Phi) is 3.18. The van der Waals surface area contributed by atoms with Crippen LogP contribution in [0.5, 0.6) is 0 Å². The van der Waals surface area contributed by atoms with Crippen molar-refractivity contribution in [3.05, 3.63) is 47.0 Å². The van der Waals surface area contributed by atoms with Gasteiger partial charge >= 0.3 is 0 Å². The first-order valence-corrected chi connectivity index (χ1v) is 5.95. The fourth-order valence-electron chi connectivity index (χ4n) is 1.76. The van der Waals surface area contributed by atoms with E-state index in [4.69, 9.17) is 23.2 Å². The minimum Gasteiger partial charge on any atom is -0.122 e. The minimum atomic E-state index is 0.520. The molecule has 0 aliphatic carbocycles. The summed E-state index contributed by atoms with van der Waals surface area (Å²) in [7, 11) is 0. The van der Waals surface area contributed by atoms with Crippen LogP contribution in [0.4, 0.5) is 0 Å². The van der Waals surface area contributed by atoms with Crippen molar-refractivity contribution in [1.82, 2.24) is 0 Å². The third kappa shape index (κ3) is 2.11. The fourth-order valence-corrected chi connectivity index (χ4v) is 2.26. The van der Waals surface area contributed by atoms with Gasteiger partial charge in [-0.1, -0.05) is 23.8 Å². The SMILES string of the molecule is Cc1ccc2cc(CCl)c(CCl)cc2c1. The van der Waals surface area contributed by atoms with Gasteiger partial charge in [0.1, 0.15) is 0 Å². The van der Waals surface area contributed by atoms with Crippen LogP contribution in [0, 0.1) is 6.92 Å². The van der Waals surface area contributed by atoms with Crippen molar-refractivity contribution in [1.29, 1.82) is 0 Å². The number of fused-ring (bicyclic) bond motifs is 1. The molecule has 0 spiro atoms. The van der Waals surface area contributed by atoms with Crippen LogP contribution in [-0.4, -0.2) is 0 Å². The van der Waals surface area contributed by atoms with Gasteiger partial charge in [0.25, 0.3) is 0 Å². The van der Waals surface area contributed by atoms with Crippen molar-refractivity contribution in [2.24, 2.45) is 0 Å². The van der Waals surface area contributed by atoms with Crippen molar-refractivity contribution < 1.29 is 0 Å². The molecule has 0 unspecified atom stereocenters. The van der Waals surface area contributed by atoms with Gasteiger partial charge in [-0.15, -0.1) is 23.2 Å². The van der Waals surface area contributed by atoms with E-state index in [1.807, 2.05) is 0 Å². The molecule has 0 aliphatic rings. The maximum atomic E-state index is 5.89. The number of rotatable bonds is 2. The van der Waals surface area contributed by atoms with E-state index < -0.39 is 0 Å². The minimum absolute atomic E-state index is 0.520. The zero-order valence-corrected chi connectivity index (χ0v) is 10.1. The highest BCUT2D eigenvalue weighted by atomic mass is 35.5. The van der Waals surface area contributed by atoms with Crippen molar-refractivity contribution in [2.45, 2.75) is 18.7 Å². The Hall–Kier alpha value is -0.720. The molecular formula is C13H12Cl2. The summed E-state index contributed by atoms with van der Waals surface area (Å²) >= 11 is 11.8. The van der Waals surface area contributed by atoms with Crippen LogP contribution >= 0.6 is 23.2 Å². The van der Waals surface area contributed by atoms with E-state index >= 15 is 0 Å². The highest BCUT2D eigenvalue weighted by Gasteiger charge is 2.03. The van der Waals surface area contributed by atoms with Gasteiger partial charge < -0.3 is 0 Å². The lowest BCUT2D eigenvalue weighted by Gasteiger charge is -2.07. The van der Waals surface area contributed by atoms with Crippen LogP contribution in [0.15, 0.2) is 30.3 Å². The Balaban J connectivity index is 2.69. The zero-order valence-electron chi connectivity index (χ0n) is 8.56. The zero-order chi connectivity index (χ0) is 10.8. The first-order valence-electron chi connectivity index (χ1n) is 4.88. The molecule has 0 radical (unpaired) electrons. The summed E-state index contributed by atoms with van der Waals surface area (Å²) in [5.74, 6) is 1.04. The molecule has 15 heavy (non-hydrogen) atoms. The second-order valence-electron chi connectivity index (χ2n) is 3.74. The van der Waals surface area contributed by atoms with E-state index in [1.54, 1.807) is 0 Å². The second-order valence-corrected chi connectivity index (χ2v) is 4.27. The van der Waals surface area contributed by atoms with Crippen molar-refractivity contribution in [3.8, 4) is 0 Å². The molecule has 0 heterocycles. The molecule has 0 bridgehead atoms. The highest BCUT2D eigenvalue weighted by Crippen LogP contribution is 2.23. The fraction of sp³-hybridized carbons (Fsp3) is 0.231. The third-order valence-electron chi connectivity index (χ3n) is 2.60. The maximum absolute atomic E-state index is 5.89. The number of benzene rings is 2. The largest absolute Gasteiger partial charge is 0.122 e. The van der Waals surface area contributed by atoms with Crippen LogP contribution in [0.3, 0.4) is 0 Å². The molecule has 2 aromatic rings. The molecule has 0 fully saturated rings. The van der Waals surface area contributed by atoms with Gasteiger partial charge in [-0.3, -0.25) is 0 Å². The van der Waals surface area contributed by atoms with Gasteiger partial charge in [0.05, 0.1) is 0 Å². The monoisotopic (exact) mass is 238 g/mol. The lowest BCUT2D eigenvalue weighted by atomic mass is 10.0. The standard InChI is InChI=1S/C13H12Cl2/c1-9-2-3-10-5-12(7-14)13(8-15)6-11(10)4-9/h2-6H,7-8H2,1H3. The van der Waals surface area contributed by atoms with E-state index in [9.17, 15) is 0 Å². The van der Waals surface area contributed by atoms with Crippen LogP contribution in [0.25, 0.3) is 10.8 Å². The van der Waals surface area contributed by atoms with Crippen LogP contribution in [0.2, 0.25) is 0 Å². The molecule has 0 amide bonds. The average Bonchev–Trinajstić information content (AvgIpc) is 2.27. The number of aryl methyl sites for hydroxylation is 1. The first kappa shape index (κ1) is 10.8. The molecular weight excluding hydrogens is 227 g/mol. The first-order chi connectivity index (χ1) is 7.24. The molecule has 0 atom stereocenters.